The highest BCUT2D eigenvalue weighted by Gasteiger charge is 1.96. The topological polar surface area (TPSA) is 49.3 Å². The van der Waals surface area contributed by atoms with Crippen molar-refractivity contribution in [3.8, 4) is 12.3 Å². The molecule has 1 rings (SSSR count). The Morgan fingerprint density at radius 3 is 3.12 bits per heavy atom. The molecule has 5 heteroatoms. The average Bonchev–Trinajstić information content (AvgIpc) is 2.79. The smallest absolute Gasteiger partial charge is 0.192 e. The largest absolute Gasteiger partial charge is 0.357 e. The Morgan fingerprint density at radius 1 is 1.62 bits per heavy atom. The predicted molar refractivity (Wildman–Crippen MR) is 68.6 cm³/mol. The maximum absolute atomic E-state index is 5.18. The summed E-state index contributed by atoms with van der Waals surface area (Å²) in [5, 5.41) is 9.24. The number of hydrogen-bond acceptors (Lipinski definition) is 3. The van der Waals surface area contributed by atoms with Crippen molar-refractivity contribution in [2.24, 2.45) is 4.99 Å². The number of guanidine groups is 1. The molecule has 1 aromatic rings. The number of thiazole rings is 1. The van der Waals surface area contributed by atoms with Crippen LogP contribution in [0.4, 0.5) is 0 Å². The lowest BCUT2D eigenvalue weighted by Gasteiger charge is -2.08. The third-order valence-electron chi connectivity index (χ3n) is 1.78. The third kappa shape index (κ3) is 4.80. The zero-order valence-electron chi connectivity index (χ0n) is 9.36. The van der Waals surface area contributed by atoms with Gasteiger partial charge < -0.3 is 10.6 Å². The highest BCUT2D eigenvalue weighted by atomic mass is 32.1. The molecule has 1 aromatic heterocycles. The van der Waals surface area contributed by atoms with Gasteiger partial charge in [0.1, 0.15) is 0 Å². The van der Waals surface area contributed by atoms with Gasteiger partial charge in [0.05, 0.1) is 11.6 Å². The number of nitrogens with one attached hydrogen (secondary N) is 2. The van der Waals surface area contributed by atoms with Gasteiger partial charge in [-0.3, -0.25) is 4.99 Å². The second-order valence-corrected chi connectivity index (χ2v) is 3.97. The zero-order valence-corrected chi connectivity index (χ0v) is 10.2. The average molecular weight is 236 g/mol. The van der Waals surface area contributed by atoms with Gasteiger partial charge in [0.2, 0.25) is 0 Å². The first-order valence-corrected chi connectivity index (χ1v) is 6.08. The maximum Gasteiger partial charge on any atom is 0.192 e. The fourth-order valence-electron chi connectivity index (χ4n) is 1.12. The van der Waals surface area contributed by atoms with Gasteiger partial charge in [-0.1, -0.05) is 5.92 Å². The van der Waals surface area contributed by atoms with Crippen LogP contribution in [0.1, 0.15) is 11.9 Å². The Hall–Kier alpha value is -1.54. The van der Waals surface area contributed by atoms with Crippen molar-refractivity contribution in [3.05, 3.63) is 16.6 Å². The molecule has 0 amide bonds. The lowest BCUT2D eigenvalue weighted by Crippen LogP contribution is -2.37. The number of aliphatic imine (C=N–C) groups is 1. The van der Waals surface area contributed by atoms with Crippen molar-refractivity contribution in [2.75, 3.05) is 19.6 Å². The number of aromatic nitrogens is 1. The Labute approximate surface area is 100 Å². The fraction of sp³-hybridized carbons (Fsp3) is 0.455. The first-order chi connectivity index (χ1) is 7.86. The van der Waals surface area contributed by atoms with Gasteiger partial charge >= 0.3 is 0 Å². The molecule has 0 unspecified atom stereocenters. The van der Waals surface area contributed by atoms with E-state index in [1.807, 2.05) is 18.5 Å². The van der Waals surface area contributed by atoms with Crippen LogP contribution in [0.2, 0.25) is 0 Å². The van der Waals surface area contributed by atoms with Crippen molar-refractivity contribution in [1.29, 1.82) is 0 Å². The standard InChI is InChI=1S/C11H16N4S/c1-3-6-14-11(12-4-2)15-7-5-10-13-8-9-16-10/h1,8-9H,4-7H2,2H3,(H2,12,14,15). The number of rotatable bonds is 5. The van der Waals surface area contributed by atoms with Crippen LogP contribution < -0.4 is 10.6 Å². The molecule has 0 radical (unpaired) electrons. The molecule has 1 heterocycles. The molecule has 0 aromatic carbocycles. The molecule has 86 valence electrons. The summed E-state index contributed by atoms with van der Waals surface area (Å²) in [6.07, 6.45) is 7.85. The Kier molecular flexibility index (Phi) is 6.04. The van der Waals surface area contributed by atoms with Crippen LogP contribution in [0.25, 0.3) is 0 Å². The molecule has 0 atom stereocenters. The molecule has 4 nitrogen and oxygen atoms in total. The van der Waals surface area contributed by atoms with E-state index in [0.29, 0.717) is 13.1 Å². The van der Waals surface area contributed by atoms with Crippen molar-refractivity contribution in [2.45, 2.75) is 13.3 Å². The molecule has 0 spiro atoms. The fourth-order valence-corrected chi connectivity index (χ4v) is 1.73. The van der Waals surface area contributed by atoms with Crippen LogP contribution >= 0.6 is 11.3 Å². The molecule has 0 saturated heterocycles. The summed E-state index contributed by atoms with van der Waals surface area (Å²) in [7, 11) is 0. The second-order valence-electron chi connectivity index (χ2n) is 2.99. The highest BCUT2D eigenvalue weighted by Crippen LogP contribution is 2.04. The Balaban J connectivity index is 2.35. The van der Waals surface area contributed by atoms with E-state index in [-0.39, 0.29) is 0 Å². The van der Waals surface area contributed by atoms with Gasteiger partial charge in [-0.15, -0.1) is 17.8 Å². The molecule has 2 N–H and O–H groups in total. The first kappa shape index (κ1) is 12.5. The molecule has 0 aliphatic carbocycles. The lowest BCUT2D eigenvalue weighted by atomic mass is 10.4. The number of hydrogen-bond donors (Lipinski definition) is 2. The molecule has 0 aliphatic heterocycles. The van der Waals surface area contributed by atoms with Crippen LogP contribution in [0, 0.1) is 12.3 Å². The lowest BCUT2D eigenvalue weighted by molar-refractivity contribution is 0.853. The monoisotopic (exact) mass is 236 g/mol. The van der Waals surface area contributed by atoms with Gasteiger partial charge in [-0.05, 0) is 6.92 Å². The summed E-state index contributed by atoms with van der Waals surface area (Å²) < 4.78 is 0. The van der Waals surface area contributed by atoms with E-state index < -0.39 is 0 Å². The van der Waals surface area contributed by atoms with E-state index in [2.05, 4.69) is 26.5 Å². The van der Waals surface area contributed by atoms with Gasteiger partial charge in [0.25, 0.3) is 0 Å². The van der Waals surface area contributed by atoms with E-state index in [4.69, 9.17) is 6.42 Å². The summed E-state index contributed by atoms with van der Waals surface area (Å²) in [5.74, 6) is 3.28. The van der Waals surface area contributed by atoms with Crippen LogP contribution in [0.5, 0.6) is 0 Å². The summed E-state index contributed by atoms with van der Waals surface area (Å²) in [6, 6.07) is 0. The van der Waals surface area contributed by atoms with Gasteiger partial charge in [0.15, 0.2) is 5.96 Å². The quantitative estimate of drug-likeness (QED) is 0.453. The molecule has 0 aliphatic rings. The van der Waals surface area contributed by atoms with Crippen molar-refractivity contribution >= 4 is 17.3 Å². The SMILES string of the molecule is C#CCNC(=NCCc1nccs1)NCC. The summed E-state index contributed by atoms with van der Waals surface area (Å²) >= 11 is 1.65. The zero-order chi connectivity index (χ0) is 11.6. The summed E-state index contributed by atoms with van der Waals surface area (Å²) in [5.41, 5.74) is 0. The number of nitrogens with zero attached hydrogens (tertiary/aromatic N) is 2. The van der Waals surface area contributed by atoms with Crippen molar-refractivity contribution in [1.82, 2.24) is 15.6 Å². The van der Waals surface area contributed by atoms with Crippen LogP contribution in [0.3, 0.4) is 0 Å². The minimum atomic E-state index is 0.489. The minimum Gasteiger partial charge on any atom is -0.357 e. The first-order valence-electron chi connectivity index (χ1n) is 5.20. The molecule has 16 heavy (non-hydrogen) atoms. The maximum atomic E-state index is 5.18. The van der Waals surface area contributed by atoms with Crippen LogP contribution in [0.15, 0.2) is 16.6 Å². The molecular formula is C11H16N4S. The van der Waals surface area contributed by atoms with E-state index in [0.717, 1.165) is 23.9 Å². The third-order valence-corrected chi connectivity index (χ3v) is 2.62. The summed E-state index contributed by atoms with van der Waals surface area (Å²) in [4.78, 5) is 8.59. The highest BCUT2D eigenvalue weighted by molar-refractivity contribution is 7.09. The van der Waals surface area contributed by atoms with Crippen molar-refractivity contribution in [3.63, 3.8) is 0 Å². The van der Waals surface area contributed by atoms with E-state index in [9.17, 15) is 0 Å². The Morgan fingerprint density at radius 2 is 2.50 bits per heavy atom. The van der Waals surface area contributed by atoms with Gasteiger partial charge in [0, 0.05) is 31.1 Å². The van der Waals surface area contributed by atoms with Crippen LogP contribution in [-0.4, -0.2) is 30.6 Å². The molecule has 0 bridgehead atoms. The minimum absolute atomic E-state index is 0.489. The van der Waals surface area contributed by atoms with E-state index in [1.165, 1.54) is 0 Å². The van der Waals surface area contributed by atoms with Crippen molar-refractivity contribution < 1.29 is 0 Å². The normalized spacial score (nSPS) is 10.9. The predicted octanol–water partition coefficient (Wildman–Crippen LogP) is 0.874. The van der Waals surface area contributed by atoms with E-state index in [1.54, 1.807) is 11.3 Å². The van der Waals surface area contributed by atoms with Gasteiger partial charge in [-0.2, -0.15) is 0 Å². The van der Waals surface area contributed by atoms with Gasteiger partial charge in [-0.25, -0.2) is 4.98 Å². The molecular weight excluding hydrogens is 220 g/mol. The number of terminal acetylenes is 1. The molecule has 0 fully saturated rings. The molecule has 0 saturated carbocycles. The Bertz CT molecular complexity index is 351. The summed E-state index contributed by atoms with van der Waals surface area (Å²) in [6.45, 7) is 4.05. The van der Waals surface area contributed by atoms with Crippen LogP contribution in [-0.2, 0) is 6.42 Å². The van der Waals surface area contributed by atoms with E-state index >= 15 is 0 Å². The second kappa shape index (κ2) is 7.71.